The molecule has 0 spiro atoms. The fourth-order valence-corrected chi connectivity index (χ4v) is 5.10. The molecule has 1 amide bonds. The van der Waals surface area contributed by atoms with Gasteiger partial charge in [0.1, 0.15) is 11.9 Å². The van der Waals surface area contributed by atoms with Crippen molar-refractivity contribution in [3.8, 4) is 0 Å². The molecule has 2 aromatic carbocycles. The molecule has 3 heterocycles. The average molecular weight is 447 g/mol. The van der Waals surface area contributed by atoms with E-state index in [-0.39, 0.29) is 16.6 Å². The van der Waals surface area contributed by atoms with E-state index < -0.39 is 6.04 Å². The second kappa shape index (κ2) is 8.82. The van der Waals surface area contributed by atoms with Crippen LogP contribution in [0.2, 0.25) is 0 Å². The Bertz CT molecular complexity index is 1220. The Hall–Kier alpha value is -3.06. The van der Waals surface area contributed by atoms with Crippen molar-refractivity contribution < 1.29 is 9.59 Å². The van der Waals surface area contributed by atoms with Crippen LogP contribution in [0.1, 0.15) is 36.0 Å². The fourth-order valence-electron chi connectivity index (χ4n) is 4.83. The van der Waals surface area contributed by atoms with Crippen molar-refractivity contribution in [3.63, 3.8) is 0 Å². The molecule has 1 saturated heterocycles. The number of nitrogens with zero attached hydrogens (tertiary/aromatic N) is 3. The molecule has 1 aromatic heterocycles. The standard InChI is InChI=1S/C25H26N4O2S/c30-22(28-14-12-18(13-15-28)16-17-6-2-1-3-7-17)11-10-21-24(31)29-23(26-21)19-8-4-5-9-20(19)27-25(29)32/h1-9,18,21,26H,10-16H2. The molecule has 0 radical (unpaired) electrons. The molecule has 3 aromatic rings. The van der Waals surface area contributed by atoms with E-state index in [2.05, 4.69) is 34.6 Å². The van der Waals surface area contributed by atoms with E-state index in [1.54, 1.807) is 0 Å². The topological polar surface area (TPSA) is 67.2 Å². The monoisotopic (exact) mass is 446 g/mol. The highest BCUT2D eigenvalue weighted by atomic mass is 32.1. The minimum atomic E-state index is -0.455. The van der Waals surface area contributed by atoms with Crippen LogP contribution in [0.15, 0.2) is 54.6 Å². The quantitative estimate of drug-likeness (QED) is 0.586. The number of nitrogens with one attached hydrogen (secondary N) is 1. The van der Waals surface area contributed by atoms with Crippen molar-refractivity contribution in [1.29, 1.82) is 0 Å². The van der Waals surface area contributed by atoms with E-state index in [0.717, 1.165) is 43.3 Å². The maximum absolute atomic E-state index is 12.9. The lowest BCUT2D eigenvalue weighted by molar-refractivity contribution is -0.132. The molecule has 164 valence electrons. The number of rotatable bonds is 5. The molecule has 32 heavy (non-hydrogen) atoms. The normalized spacial score (nSPS) is 18.6. The van der Waals surface area contributed by atoms with Gasteiger partial charge in [0.15, 0.2) is 0 Å². The lowest BCUT2D eigenvalue weighted by Gasteiger charge is -2.32. The smallest absolute Gasteiger partial charge is 0.257 e. The van der Waals surface area contributed by atoms with Gasteiger partial charge < -0.3 is 10.2 Å². The van der Waals surface area contributed by atoms with Crippen LogP contribution in [0.25, 0.3) is 10.9 Å². The number of amides is 1. The third kappa shape index (κ3) is 4.05. The van der Waals surface area contributed by atoms with Crippen LogP contribution >= 0.6 is 12.2 Å². The Labute approximate surface area is 192 Å². The van der Waals surface area contributed by atoms with Gasteiger partial charge >= 0.3 is 0 Å². The Morgan fingerprint density at radius 1 is 1.06 bits per heavy atom. The SMILES string of the molecule is O=C(CCC1Nc2c3ccccc3nc(=S)n2C1=O)N1CCC(Cc2ccccc2)CC1. The Balaban J connectivity index is 1.17. The number of carbonyl (C=O) groups excluding carboxylic acids is 2. The van der Waals surface area contributed by atoms with Crippen molar-refractivity contribution in [1.82, 2.24) is 14.5 Å². The van der Waals surface area contributed by atoms with Crippen LogP contribution in [0.3, 0.4) is 0 Å². The molecule has 2 aliphatic rings. The molecule has 0 bridgehead atoms. The van der Waals surface area contributed by atoms with Crippen molar-refractivity contribution in [2.24, 2.45) is 5.92 Å². The highest BCUT2D eigenvalue weighted by Gasteiger charge is 2.33. The average Bonchev–Trinajstić information content (AvgIpc) is 3.16. The number of hydrogen-bond donors (Lipinski definition) is 1. The molecule has 1 unspecified atom stereocenters. The first-order chi connectivity index (χ1) is 15.6. The summed E-state index contributed by atoms with van der Waals surface area (Å²) in [6, 6.07) is 17.7. The zero-order valence-electron chi connectivity index (χ0n) is 17.9. The first kappa shape index (κ1) is 20.8. The van der Waals surface area contributed by atoms with Gasteiger partial charge in [-0.1, -0.05) is 42.5 Å². The largest absolute Gasteiger partial charge is 0.359 e. The summed E-state index contributed by atoms with van der Waals surface area (Å²) >= 11 is 5.35. The van der Waals surface area contributed by atoms with E-state index in [4.69, 9.17) is 12.2 Å². The minimum Gasteiger partial charge on any atom is -0.359 e. The van der Waals surface area contributed by atoms with Gasteiger partial charge in [-0.3, -0.25) is 9.59 Å². The lowest BCUT2D eigenvalue weighted by atomic mass is 9.90. The molecule has 5 rings (SSSR count). The molecule has 1 fully saturated rings. The van der Waals surface area contributed by atoms with Gasteiger partial charge in [-0.05, 0) is 61.5 Å². The summed E-state index contributed by atoms with van der Waals surface area (Å²) in [6.07, 6.45) is 3.93. The maximum atomic E-state index is 12.9. The van der Waals surface area contributed by atoms with Crippen molar-refractivity contribution in [2.45, 2.75) is 38.1 Å². The van der Waals surface area contributed by atoms with Crippen LogP contribution in [0.4, 0.5) is 5.82 Å². The summed E-state index contributed by atoms with van der Waals surface area (Å²) in [4.78, 5) is 32.1. The van der Waals surface area contributed by atoms with Crippen molar-refractivity contribution in [2.75, 3.05) is 18.4 Å². The van der Waals surface area contributed by atoms with Gasteiger partial charge in [0.25, 0.3) is 5.91 Å². The number of carbonyl (C=O) groups is 2. The third-order valence-corrected chi connectivity index (χ3v) is 6.87. The summed E-state index contributed by atoms with van der Waals surface area (Å²) in [6.45, 7) is 1.59. The number of piperidine rings is 1. The zero-order valence-corrected chi connectivity index (χ0v) is 18.7. The number of benzene rings is 2. The van der Waals surface area contributed by atoms with Crippen LogP contribution in [0, 0.1) is 10.7 Å². The van der Waals surface area contributed by atoms with E-state index >= 15 is 0 Å². The lowest BCUT2D eigenvalue weighted by Crippen LogP contribution is -2.39. The second-order valence-corrected chi connectivity index (χ2v) is 9.05. The molecular weight excluding hydrogens is 420 g/mol. The Morgan fingerprint density at radius 3 is 2.56 bits per heavy atom. The fraction of sp³-hybridized carbons (Fsp3) is 0.360. The predicted molar refractivity (Wildman–Crippen MR) is 127 cm³/mol. The number of likely N-dealkylation sites (tertiary alicyclic amines) is 1. The van der Waals surface area contributed by atoms with E-state index in [0.29, 0.717) is 24.6 Å². The van der Waals surface area contributed by atoms with E-state index in [9.17, 15) is 9.59 Å². The van der Waals surface area contributed by atoms with Crippen LogP contribution in [-0.2, 0) is 11.2 Å². The molecule has 7 heteroatoms. The van der Waals surface area contributed by atoms with Crippen LogP contribution in [-0.4, -0.2) is 45.4 Å². The number of hydrogen-bond acceptors (Lipinski definition) is 5. The number of para-hydroxylation sites is 1. The summed E-state index contributed by atoms with van der Waals surface area (Å²) in [5, 5.41) is 4.16. The van der Waals surface area contributed by atoms with Gasteiger partial charge in [-0.2, -0.15) is 0 Å². The molecule has 0 aliphatic carbocycles. The van der Waals surface area contributed by atoms with Gasteiger partial charge in [0.2, 0.25) is 10.7 Å². The molecule has 6 nitrogen and oxygen atoms in total. The van der Waals surface area contributed by atoms with Crippen LogP contribution < -0.4 is 5.32 Å². The van der Waals surface area contributed by atoms with Crippen molar-refractivity contribution in [3.05, 3.63) is 64.9 Å². The van der Waals surface area contributed by atoms with E-state index in [1.807, 2.05) is 35.2 Å². The first-order valence-electron chi connectivity index (χ1n) is 11.2. The van der Waals surface area contributed by atoms with Crippen molar-refractivity contribution >= 4 is 40.8 Å². The Morgan fingerprint density at radius 2 is 1.78 bits per heavy atom. The molecule has 1 atom stereocenters. The third-order valence-electron chi connectivity index (χ3n) is 6.60. The molecule has 2 aliphatic heterocycles. The predicted octanol–water partition coefficient (Wildman–Crippen LogP) is 4.46. The molecular formula is C25H26N4O2S. The Kier molecular flexibility index (Phi) is 5.74. The number of fused-ring (bicyclic) bond motifs is 3. The molecule has 0 saturated carbocycles. The summed E-state index contributed by atoms with van der Waals surface area (Å²) in [5.41, 5.74) is 2.13. The summed E-state index contributed by atoms with van der Waals surface area (Å²) in [5.74, 6) is 1.30. The van der Waals surface area contributed by atoms with Gasteiger partial charge in [-0.15, -0.1) is 0 Å². The van der Waals surface area contributed by atoms with E-state index in [1.165, 1.54) is 10.1 Å². The minimum absolute atomic E-state index is 0.125. The van der Waals surface area contributed by atoms with Gasteiger partial charge in [-0.25, -0.2) is 9.55 Å². The number of anilines is 1. The summed E-state index contributed by atoms with van der Waals surface area (Å²) < 4.78 is 1.73. The molecule has 1 N–H and O–H groups in total. The second-order valence-electron chi connectivity index (χ2n) is 8.68. The highest BCUT2D eigenvalue weighted by Crippen LogP contribution is 2.29. The zero-order chi connectivity index (χ0) is 22.1. The van der Waals surface area contributed by atoms with Gasteiger partial charge in [0, 0.05) is 24.9 Å². The van der Waals surface area contributed by atoms with Gasteiger partial charge in [0.05, 0.1) is 5.52 Å². The first-order valence-corrected chi connectivity index (χ1v) is 11.7. The summed E-state index contributed by atoms with van der Waals surface area (Å²) in [7, 11) is 0. The maximum Gasteiger partial charge on any atom is 0.257 e. The highest BCUT2D eigenvalue weighted by molar-refractivity contribution is 7.71. The van der Waals surface area contributed by atoms with Crippen LogP contribution in [0.5, 0.6) is 0 Å². The number of aromatic nitrogens is 2.